The molecule has 2 N–H and O–H groups in total. The number of carbonyl (C=O) groups is 1. The first-order valence-electron chi connectivity index (χ1n) is 7.54. The molecule has 2 heterocycles. The van der Waals surface area contributed by atoms with Gasteiger partial charge in [0, 0.05) is 23.9 Å². The average Bonchev–Trinajstić information content (AvgIpc) is 3.24. The van der Waals surface area contributed by atoms with Gasteiger partial charge in [0.25, 0.3) is 15.9 Å². The molecule has 0 unspecified atom stereocenters. The third-order valence-electron chi connectivity index (χ3n) is 3.51. The number of nitrogens with zero attached hydrogens (tertiary/aromatic N) is 2. The van der Waals surface area contributed by atoms with E-state index >= 15 is 0 Å². The minimum atomic E-state index is -3.79. The van der Waals surface area contributed by atoms with Gasteiger partial charge in [0.1, 0.15) is 10.6 Å². The Hall–Kier alpha value is -2.94. The van der Waals surface area contributed by atoms with Gasteiger partial charge in [0.2, 0.25) is 5.89 Å². The SMILES string of the molecule is CCc1nnc(-c2cc(S(=O)(=O)Nc3ccc(C(C)=O)cc3)c[nH]2)o1. The van der Waals surface area contributed by atoms with Crippen molar-refractivity contribution in [2.24, 2.45) is 0 Å². The maximum absolute atomic E-state index is 12.5. The zero-order valence-electron chi connectivity index (χ0n) is 13.6. The van der Waals surface area contributed by atoms with Crippen LogP contribution in [0.25, 0.3) is 11.6 Å². The highest BCUT2D eigenvalue weighted by Gasteiger charge is 2.19. The van der Waals surface area contributed by atoms with Crippen molar-refractivity contribution in [3.8, 4) is 11.6 Å². The lowest BCUT2D eigenvalue weighted by atomic mass is 10.1. The third-order valence-corrected chi connectivity index (χ3v) is 4.87. The molecule has 0 fully saturated rings. The molecule has 1 aromatic carbocycles. The number of H-pyrrole nitrogens is 1. The van der Waals surface area contributed by atoms with Crippen molar-refractivity contribution in [1.29, 1.82) is 0 Å². The van der Waals surface area contributed by atoms with Crippen LogP contribution in [0.3, 0.4) is 0 Å². The standard InChI is InChI=1S/C16H16N4O4S/c1-3-15-18-19-16(24-15)14-8-13(9-17-14)25(22,23)20-12-6-4-11(5-7-12)10(2)21/h4-9,17,20H,3H2,1-2H3. The summed E-state index contributed by atoms with van der Waals surface area (Å²) in [6.07, 6.45) is 1.94. The zero-order chi connectivity index (χ0) is 18.0. The number of Topliss-reactive ketones (excluding diaryl/α,β-unsaturated/α-hetero) is 1. The van der Waals surface area contributed by atoms with E-state index < -0.39 is 10.0 Å². The van der Waals surface area contributed by atoms with E-state index in [0.717, 1.165) is 0 Å². The first-order valence-corrected chi connectivity index (χ1v) is 9.02. The van der Waals surface area contributed by atoms with Crippen LogP contribution in [0.1, 0.15) is 30.1 Å². The molecule has 3 aromatic rings. The Morgan fingerprint density at radius 1 is 1.24 bits per heavy atom. The molecule has 2 aromatic heterocycles. The summed E-state index contributed by atoms with van der Waals surface area (Å²) in [5.74, 6) is 0.609. The molecule has 0 bridgehead atoms. The van der Waals surface area contributed by atoms with Crippen LogP contribution in [0.4, 0.5) is 5.69 Å². The molecule has 0 aliphatic heterocycles. The molecule has 130 valence electrons. The van der Waals surface area contributed by atoms with Crippen molar-refractivity contribution in [3.05, 3.63) is 48.0 Å². The van der Waals surface area contributed by atoms with E-state index in [1.165, 1.54) is 31.3 Å². The van der Waals surface area contributed by atoms with Gasteiger partial charge in [-0.25, -0.2) is 8.42 Å². The van der Waals surface area contributed by atoms with Gasteiger partial charge < -0.3 is 9.40 Å². The second kappa shape index (κ2) is 6.52. The molecule has 9 heteroatoms. The fraction of sp³-hybridized carbons (Fsp3) is 0.188. The van der Waals surface area contributed by atoms with Crippen LogP contribution in [0.2, 0.25) is 0 Å². The summed E-state index contributed by atoms with van der Waals surface area (Å²) in [7, 11) is -3.79. The maximum Gasteiger partial charge on any atom is 0.264 e. The Balaban J connectivity index is 1.81. The molecule has 0 amide bonds. The Labute approximate surface area is 144 Å². The van der Waals surface area contributed by atoms with Gasteiger partial charge in [-0.2, -0.15) is 0 Å². The van der Waals surface area contributed by atoms with Crippen molar-refractivity contribution < 1.29 is 17.6 Å². The molecule has 0 saturated carbocycles. The van der Waals surface area contributed by atoms with Gasteiger partial charge >= 0.3 is 0 Å². The summed E-state index contributed by atoms with van der Waals surface area (Å²) < 4.78 is 32.8. The van der Waals surface area contributed by atoms with E-state index in [0.29, 0.717) is 29.3 Å². The highest BCUT2D eigenvalue weighted by molar-refractivity contribution is 7.92. The van der Waals surface area contributed by atoms with Crippen LogP contribution in [-0.2, 0) is 16.4 Å². The van der Waals surface area contributed by atoms with Crippen LogP contribution in [0, 0.1) is 0 Å². The Bertz CT molecular complexity index is 1000. The second-order valence-electron chi connectivity index (χ2n) is 5.34. The molecular formula is C16H16N4O4S. The number of sulfonamides is 1. The Kier molecular flexibility index (Phi) is 4.41. The lowest BCUT2D eigenvalue weighted by Gasteiger charge is -2.06. The van der Waals surface area contributed by atoms with E-state index in [9.17, 15) is 13.2 Å². The molecule has 0 aliphatic carbocycles. The van der Waals surface area contributed by atoms with E-state index in [4.69, 9.17) is 4.42 Å². The lowest BCUT2D eigenvalue weighted by Crippen LogP contribution is -2.12. The number of hydrogen-bond donors (Lipinski definition) is 2. The fourth-order valence-corrected chi connectivity index (χ4v) is 3.20. The topological polar surface area (TPSA) is 118 Å². The van der Waals surface area contributed by atoms with Crippen LogP contribution in [0.15, 0.2) is 45.8 Å². The molecule has 8 nitrogen and oxygen atoms in total. The Morgan fingerprint density at radius 2 is 1.96 bits per heavy atom. The van der Waals surface area contributed by atoms with Gasteiger partial charge in [-0.15, -0.1) is 10.2 Å². The fourth-order valence-electron chi connectivity index (χ4n) is 2.15. The molecular weight excluding hydrogens is 344 g/mol. The van der Waals surface area contributed by atoms with Gasteiger partial charge in [-0.1, -0.05) is 6.92 Å². The van der Waals surface area contributed by atoms with Gasteiger partial charge in [0.15, 0.2) is 5.78 Å². The number of hydrogen-bond acceptors (Lipinski definition) is 6. The first-order chi connectivity index (χ1) is 11.9. The highest BCUT2D eigenvalue weighted by atomic mass is 32.2. The summed E-state index contributed by atoms with van der Waals surface area (Å²) in [5, 5.41) is 7.71. The largest absolute Gasteiger partial charge is 0.419 e. The number of aryl methyl sites for hydroxylation is 1. The van der Waals surface area contributed by atoms with Crippen molar-refractivity contribution >= 4 is 21.5 Å². The molecule has 3 rings (SSSR count). The number of anilines is 1. The molecule has 25 heavy (non-hydrogen) atoms. The van der Waals surface area contributed by atoms with Gasteiger partial charge in [-0.3, -0.25) is 9.52 Å². The molecule has 0 spiro atoms. The zero-order valence-corrected chi connectivity index (χ0v) is 14.4. The monoisotopic (exact) mass is 360 g/mol. The van der Waals surface area contributed by atoms with E-state index in [1.807, 2.05) is 6.92 Å². The summed E-state index contributed by atoms with van der Waals surface area (Å²) in [5.41, 5.74) is 1.29. The summed E-state index contributed by atoms with van der Waals surface area (Å²) in [6.45, 7) is 3.32. The smallest absolute Gasteiger partial charge is 0.264 e. The molecule has 0 saturated heterocycles. The quantitative estimate of drug-likeness (QED) is 0.652. The van der Waals surface area contributed by atoms with Crippen molar-refractivity contribution in [3.63, 3.8) is 0 Å². The number of aromatic amines is 1. The van der Waals surface area contributed by atoms with Crippen molar-refractivity contribution in [1.82, 2.24) is 15.2 Å². The molecule has 0 atom stereocenters. The summed E-state index contributed by atoms with van der Waals surface area (Å²) in [6, 6.07) is 7.61. The van der Waals surface area contributed by atoms with Crippen LogP contribution < -0.4 is 4.72 Å². The summed E-state index contributed by atoms with van der Waals surface area (Å²) >= 11 is 0. The minimum absolute atomic E-state index is 0.0365. The van der Waals surface area contributed by atoms with E-state index in [1.54, 1.807) is 12.1 Å². The van der Waals surface area contributed by atoms with E-state index in [-0.39, 0.29) is 16.6 Å². The number of rotatable bonds is 6. The molecule has 0 aliphatic rings. The number of aromatic nitrogens is 3. The first kappa shape index (κ1) is 16.9. The van der Waals surface area contributed by atoms with Gasteiger partial charge in [-0.05, 0) is 37.3 Å². The van der Waals surface area contributed by atoms with Crippen LogP contribution in [-0.4, -0.2) is 29.4 Å². The minimum Gasteiger partial charge on any atom is -0.419 e. The van der Waals surface area contributed by atoms with Crippen molar-refractivity contribution in [2.45, 2.75) is 25.2 Å². The number of nitrogens with one attached hydrogen (secondary N) is 2. The average molecular weight is 360 g/mol. The van der Waals surface area contributed by atoms with Crippen LogP contribution in [0.5, 0.6) is 0 Å². The van der Waals surface area contributed by atoms with Crippen LogP contribution >= 0.6 is 0 Å². The van der Waals surface area contributed by atoms with E-state index in [2.05, 4.69) is 19.9 Å². The third kappa shape index (κ3) is 3.61. The van der Waals surface area contributed by atoms with Gasteiger partial charge in [0.05, 0.1) is 0 Å². The highest BCUT2D eigenvalue weighted by Crippen LogP contribution is 2.22. The summed E-state index contributed by atoms with van der Waals surface area (Å²) in [4.78, 5) is 14.1. The predicted octanol–water partition coefficient (Wildman–Crippen LogP) is 2.63. The second-order valence-corrected chi connectivity index (χ2v) is 7.03. The number of benzene rings is 1. The lowest BCUT2D eigenvalue weighted by molar-refractivity contribution is 0.101. The number of ketones is 1. The maximum atomic E-state index is 12.5. The normalized spacial score (nSPS) is 11.4. The predicted molar refractivity (Wildman–Crippen MR) is 90.7 cm³/mol. The number of carbonyl (C=O) groups excluding carboxylic acids is 1. The molecule has 0 radical (unpaired) electrons. The Morgan fingerprint density at radius 3 is 2.56 bits per heavy atom. The van der Waals surface area contributed by atoms with Crippen molar-refractivity contribution in [2.75, 3.05) is 4.72 Å².